The Morgan fingerprint density at radius 2 is 1.78 bits per heavy atom. The van der Waals surface area contributed by atoms with Crippen LogP contribution in [0.5, 0.6) is 0 Å². The SMILES string of the molecule is CC(C)CC(F)(F)COCCC(=O)OC(C)(C)C. The third kappa shape index (κ3) is 10.4. The van der Waals surface area contributed by atoms with Gasteiger partial charge in [-0.25, -0.2) is 8.78 Å². The second-order valence-electron chi connectivity index (χ2n) is 5.84. The largest absolute Gasteiger partial charge is 0.460 e. The molecule has 0 aromatic carbocycles. The first-order valence-electron chi connectivity index (χ1n) is 6.19. The van der Waals surface area contributed by atoms with E-state index in [4.69, 9.17) is 9.47 Å². The normalized spacial score (nSPS) is 12.9. The van der Waals surface area contributed by atoms with E-state index >= 15 is 0 Å². The van der Waals surface area contributed by atoms with Crippen LogP contribution in [0.1, 0.15) is 47.5 Å². The van der Waals surface area contributed by atoms with Crippen molar-refractivity contribution in [1.82, 2.24) is 0 Å². The maximum absolute atomic E-state index is 13.2. The van der Waals surface area contributed by atoms with Crippen molar-refractivity contribution in [3.8, 4) is 0 Å². The summed E-state index contributed by atoms with van der Waals surface area (Å²) in [5, 5.41) is 0. The minimum atomic E-state index is -2.83. The molecule has 0 bridgehead atoms. The highest BCUT2D eigenvalue weighted by atomic mass is 19.3. The quantitative estimate of drug-likeness (QED) is 0.523. The molecule has 3 nitrogen and oxygen atoms in total. The average molecular weight is 266 g/mol. The molecule has 0 fully saturated rings. The molecule has 0 saturated heterocycles. The van der Waals surface area contributed by atoms with Gasteiger partial charge in [-0.15, -0.1) is 0 Å². The standard InChI is InChI=1S/C13H24F2O3/c1-10(2)8-13(14,15)9-17-7-6-11(16)18-12(3,4)5/h10H,6-9H2,1-5H3. The molecule has 18 heavy (non-hydrogen) atoms. The summed E-state index contributed by atoms with van der Waals surface area (Å²) in [5.74, 6) is -3.36. The maximum atomic E-state index is 13.2. The Kier molecular flexibility index (Phi) is 6.74. The fourth-order valence-corrected chi connectivity index (χ4v) is 1.43. The van der Waals surface area contributed by atoms with Gasteiger partial charge in [0.15, 0.2) is 0 Å². The first-order valence-corrected chi connectivity index (χ1v) is 6.19. The van der Waals surface area contributed by atoms with Gasteiger partial charge < -0.3 is 9.47 Å². The number of alkyl halides is 2. The summed E-state index contributed by atoms with van der Waals surface area (Å²) in [5.41, 5.74) is -0.557. The molecule has 108 valence electrons. The molecule has 0 rings (SSSR count). The molecule has 0 saturated carbocycles. The highest BCUT2D eigenvalue weighted by molar-refractivity contribution is 5.69. The molecular formula is C13H24F2O3. The Morgan fingerprint density at radius 1 is 1.22 bits per heavy atom. The van der Waals surface area contributed by atoms with E-state index in [-0.39, 0.29) is 25.4 Å². The minimum Gasteiger partial charge on any atom is -0.460 e. The van der Waals surface area contributed by atoms with Gasteiger partial charge >= 0.3 is 5.97 Å². The summed E-state index contributed by atoms with van der Waals surface area (Å²) in [6, 6.07) is 0. The van der Waals surface area contributed by atoms with E-state index in [1.165, 1.54) is 0 Å². The van der Waals surface area contributed by atoms with E-state index in [2.05, 4.69) is 0 Å². The fourth-order valence-electron chi connectivity index (χ4n) is 1.43. The van der Waals surface area contributed by atoms with Crippen molar-refractivity contribution < 1.29 is 23.0 Å². The van der Waals surface area contributed by atoms with Gasteiger partial charge in [-0.3, -0.25) is 4.79 Å². The summed E-state index contributed by atoms with van der Waals surface area (Å²) < 4.78 is 36.3. The van der Waals surface area contributed by atoms with Crippen molar-refractivity contribution in [2.75, 3.05) is 13.2 Å². The third-order valence-electron chi connectivity index (χ3n) is 1.89. The van der Waals surface area contributed by atoms with E-state index < -0.39 is 24.1 Å². The van der Waals surface area contributed by atoms with E-state index in [1.54, 1.807) is 34.6 Å². The Balaban J connectivity index is 3.77. The number of carbonyl (C=O) groups is 1. The van der Waals surface area contributed by atoms with Gasteiger partial charge in [0.05, 0.1) is 13.0 Å². The molecule has 0 amide bonds. The van der Waals surface area contributed by atoms with E-state index in [0.29, 0.717) is 0 Å². The van der Waals surface area contributed by atoms with Crippen LogP contribution in [0.25, 0.3) is 0 Å². The van der Waals surface area contributed by atoms with Gasteiger partial charge in [-0.05, 0) is 26.7 Å². The molecule has 0 heterocycles. The van der Waals surface area contributed by atoms with Crippen LogP contribution in [0, 0.1) is 5.92 Å². The monoisotopic (exact) mass is 266 g/mol. The Labute approximate surface area is 108 Å². The maximum Gasteiger partial charge on any atom is 0.308 e. The predicted molar refractivity (Wildman–Crippen MR) is 65.7 cm³/mol. The van der Waals surface area contributed by atoms with Crippen LogP contribution in [-0.4, -0.2) is 30.7 Å². The van der Waals surface area contributed by atoms with E-state index in [9.17, 15) is 13.6 Å². The molecule has 0 N–H and O–H groups in total. The molecule has 0 aliphatic rings. The van der Waals surface area contributed by atoms with Crippen LogP contribution in [0.3, 0.4) is 0 Å². The number of ether oxygens (including phenoxy) is 2. The number of rotatable bonds is 7. The summed E-state index contributed by atoms with van der Waals surface area (Å²) >= 11 is 0. The van der Waals surface area contributed by atoms with Crippen LogP contribution in [-0.2, 0) is 14.3 Å². The molecule has 0 aromatic heterocycles. The predicted octanol–water partition coefficient (Wildman–Crippen LogP) is 3.42. The number of esters is 1. The lowest BCUT2D eigenvalue weighted by Crippen LogP contribution is -2.27. The second-order valence-corrected chi connectivity index (χ2v) is 5.84. The smallest absolute Gasteiger partial charge is 0.308 e. The molecular weight excluding hydrogens is 242 g/mol. The van der Waals surface area contributed by atoms with Crippen molar-refractivity contribution in [1.29, 1.82) is 0 Å². The highest BCUT2D eigenvalue weighted by Crippen LogP contribution is 2.23. The van der Waals surface area contributed by atoms with E-state index in [1.807, 2.05) is 0 Å². The van der Waals surface area contributed by atoms with Gasteiger partial charge in [0, 0.05) is 6.42 Å². The Hall–Kier alpha value is -0.710. The molecule has 0 atom stereocenters. The van der Waals surface area contributed by atoms with Gasteiger partial charge in [-0.2, -0.15) is 0 Å². The molecule has 5 heteroatoms. The molecule has 0 unspecified atom stereocenters. The van der Waals surface area contributed by atoms with Crippen molar-refractivity contribution in [2.45, 2.75) is 59.0 Å². The van der Waals surface area contributed by atoms with Crippen LogP contribution in [0.2, 0.25) is 0 Å². The number of carbonyl (C=O) groups excluding carboxylic acids is 1. The fraction of sp³-hybridized carbons (Fsp3) is 0.923. The molecule has 0 aliphatic heterocycles. The van der Waals surface area contributed by atoms with Crippen molar-refractivity contribution in [3.05, 3.63) is 0 Å². The van der Waals surface area contributed by atoms with Gasteiger partial charge in [0.25, 0.3) is 5.92 Å². The molecule has 0 aromatic rings. The average Bonchev–Trinajstić information content (AvgIpc) is 2.07. The molecule has 0 radical (unpaired) electrons. The summed E-state index contributed by atoms with van der Waals surface area (Å²) in [4.78, 5) is 11.3. The van der Waals surface area contributed by atoms with Crippen LogP contribution in [0.4, 0.5) is 8.78 Å². The van der Waals surface area contributed by atoms with Crippen molar-refractivity contribution in [3.63, 3.8) is 0 Å². The zero-order valence-corrected chi connectivity index (χ0v) is 11.9. The van der Waals surface area contributed by atoms with Crippen LogP contribution in [0.15, 0.2) is 0 Å². The summed E-state index contributed by atoms with van der Waals surface area (Å²) in [7, 11) is 0. The van der Waals surface area contributed by atoms with Gasteiger partial charge in [-0.1, -0.05) is 13.8 Å². The van der Waals surface area contributed by atoms with E-state index in [0.717, 1.165) is 0 Å². The highest BCUT2D eigenvalue weighted by Gasteiger charge is 2.30. The zero-order valence-electron chi connectivity index (χ0n) is 11.9. The molecule has 0 spiro atoms. The first-order chi connectivity index (χ1) is 8.02. The van der Waals surface area contributed by atoms with Gasteiger partial charge in [0.1, 0.15) is 12.2 Å². The summed E-state index contributed by atoms with van der Waals surface area (Å²) in [6.07, 6.45) is -0.214. The van der Waals surface area contributed by atoms with Gasteiger partial charge in [0.2, 0.25) is 0 Å². The first kappa shape index (κ1) is 17.3. The number of halogens is 2. The van der Waals surface area contributed by atoms with Crippen LogP contribution >= 0.6 is 0 Å². The summed E-state index contributed by atoms with van der Waals surface area (Å²) in [6.45, 7) is 8.04. The topological polar surface area (TPSA) is 35.5 Å². The van der Waals surface area contributed by atoms with Crippen molar-refractivity contribution >= 4 is 5.97 Å². The second kappa shape index (κ2) is 7.02. The van der Waals surface area contributed by atoms with Crippen LogP contribution < -0.4 is 0 Å². The third-order valence-corrected chi connectivity index (χ3v) is 1.89. The lowest BCUT2D eigenvalue weighted by molar-refractivity contribution is -0.157. The molecule has 0 aliphatic carbocycles. The minimum absolute atomic E-state index is 0.00493. The Bertz CT molecular complexity index is 257. The number of hydrogen-bond donors (Lipinski definition) is 0. The lowest BCUT2D eigenvalue weighted by atomic mass is 10.1. The lowest BCUT2D eigenvalue weighted by Gasteiger charge is -2.20. The van der Waals surface area contributed by atoms with Crippen molar-refractivity contribution in [2.24, 2.45) is 5.92 Å². The Morgan fingerprint density at radius 3 is 2.22 bits per heavy atom. The number of hydrogen-bond acceptors (Lipinski definition) is 3. The zero-order chi connectivity index (χ0) is 14.4.